The maximum absolute atomic E-state index is 13.0. The molecular formula is C22H40N6O8. The fraction of sp³-hybridized carbons (Fsp3) is 0.727. The van der Waals surface area contributed by atoms with Crippen molar-refractivity contribution in [1.82, 2.24) is 16.0 Å². The van der Waals surface area contributed by atoms with Crippen LogP contribution in [0.2, 0.25) is 0 Å². The topological polar surface area (TPSA) is 257 Å². The molecule has 14 nitrogen and oxygen atoms in total. The number of carbonyl (C=O) groups excluding carboxylic acids is 4. The van der Waals surface area contributed by atoms with Crippen LogP contribution in [-0.4, -0.2) is 76.5 Å². The number of carboxylic acid groups (broad SMARTS) is 2. The number of nitrogens with two attached hydrogens (primary N) is 3. The molecule has 11 N–H and O–H groups in total. The van der Waals surface area contributed by atoms with Crippen LogP contribution in [-0.2, 0) is 28.8 Å². The van der Waals surface area contributed by atoms with Crippen LogP contribution in [0.1, 0.15) is 65.2 Å². The van der Waals surface area contributed by atoms with E-state index in [9.17, 15) is 33.9 Å². The van der Waals surface area contributed by atoms with Gasteiger partial charge in [0.15, 0.2) is 0 Å². The number of primary amides is 1. The van der Waals surface area contributed by atoms with Crippen molar-refractivity contribution in [2.75, 3.05) is 6.54 Å². The summed E-state index contributed by atoms with van der Waals surface area (Å²) in [6, 6.07) is -4.90. The molecule has 14 heteroatoms. The fourth-order valence-electron chi connectivity index (χ4n) is 3.25. The number of rotatable bonds is 19. The van der Waals surface area contributed by atoms with Gasteiger partial charge in [-0.15, -0.1) is 0 Å². The van der Waals surface area contributed by atoms with Crippen molar-refractivity contribution >= 4 is 35.6 Å². The summed E-state index contributed by atoms with van der Waals surface area (Å²) < 4.78 is 0. The van der Waals surface area contributed by atoms with Gasteiger partial charge in [-0.3, -0.25) is 24.0 Å². The zero-order valence-electron chi connectivity index (χ0n) is 20.8. The van der Waals surface area contributed by atoms with Gasteiger partial charge in [-0.2, -0.15) is 0 Å². The molecule has 0 bridgehead atoms. The third-order valence-electron chi connectivity index (χ3n) is 5.22. The first-order valence-electron chi connectivity index (χ1n) is 11.9. The summed E-state index contributed by atoms with van der Waals surface area (Å²) in [6.07, 6.45) is 0.371. The Morgan fingerprint density at radius 1 is 0.750 bits per heavy atom. The molecule has 0 aromatic heterocycles. The molecule has 0 fully saturated rings. The van der Waals surface area contributed by atoms with Gasteiger partial charge in [0.05, 0.1) is 6.04 Å². The summed E-state index contributed by atoms with van der Waals surface area (Å²) in [4.78, 5) is 72.0. The van der Waals surface area contributed by atoms with Crippen molar-refractivity contribution in [3.63, 3.8) is 0 Å². The molecule has 0 aliphatic carbocycles. The first-order valence-corrected chi connectivity index (χ1v) is 11.9. The Hall–Kier alpha value is -3.26. The molecule has 0 aromatic rings. The Bertz CT molecular complexity index is 776. The van der Waals surface area contributed by atoms with Crippen molar-refractivity contribution in [1.29, 1.82) is 0 Å². The summed E-state index contributed by atoms with van der Waals surface area (Å²) in [5, 5.41) is 25.5. The Labute approximate surface area is 210 Å². The van der Waals surface area contributed by atoms with Crippen LogP contribution < -0.4 is 33.2 Å². The smallest absolute Gasteiger partial charge is 0.326 e. The first-order chi connectivity index (χ1) is 16.8. The van der Waals surface area contributed by atoms with E-state index in [-0.39, 0.29) is 31.6 Å². The normalized spacial score (nSPS) is 14.2. The number of carboxylic acids is 2. The van der Waals surface area contributed by atoms with E-state index >= 15 is 0 Å². The Morgan fingerprint density at radius 3 is 1.69 bits per heavy atom. The standard InChI is InChI=1S/C22H40N6O8/c1-12(2)11-16(22(35)36)28-21(34)15(7-9-18(30)31)27-20(33)14(6-8-17(25)29)26-19(32)13(24)5-3-4-10-23/h12-16H,3-11,23-24H2,1-2H3,(H2,25,29)(H,26,32)(H,27,33)(H,28,34)(H,30,31)(H,35,36). The molecule has 0 radical (unpaired) electrons. The molecule has 36 heavy (non-hydrogen) atoms. The molecule has 4 atom stereocenters. The van der Waals surface area contributed by atoms with Crippen molar-refractivity contribution in [2.24, 2.45) is 23.1 Å². The SMILES string of the molecule is CC(C)CC(NC(=O)C(CCC(=O)O)NC(=O)C(CCC(N)=O)NC(=O)C(N)CCCCN)C(=O)O. The number of hydrogen-bond acceptors (Lipinski definition) is 8. The second kappa shape index (κ2) is 17.2. The molecule has 0 spiro atoms. The molecule has 0 rings (SSSR count). The van der Waals surface area contributed by atoms with Gasteiger partial charge in [0, 0.05) is 12.8 Å². The molecule has 0 aliphatic rings. The highest BCUT2D eigenvalue weighted by Gasteiger charge is 2.31. The molecule has 0 aromatic carbocycles. The van der Waals surface area contributed by atoms with Crippen molar-refractivity contribution in [3.8, 4) is 0 Å². The number of amides is 4. The monoisotopic (exact) mass is 516 g/mol. The van der Waals surface area contributed by atoms with Crippen LogP contribution >= 0.6 is 0 Å². The van der Waals surface area contributed by atoms with Gasteiger partial charge in [0.2, 0.25) is 23.6 Å². The van der Waals surface area contributed by atoms with Gasteiger partial charge in [-0.05, 0) is 44.6 Å². The fourth-order valence-corrected chi connectivity index (χ4v) is 3.25. The van der Waals surface area contributed by atoms with Gasteiger partial charge >= 0.3 is 11.9 Å². The average Bonchev–Trinajstić information content (AvgIpc) is 2.77. The van der Waals surface area contributed by atoms with E-state index in [0.717, 1.165) is 0 Å². The number of unbranched alkanes of at least 4 members (excludes halogenated alkanes) is 1. The zero-order valence-corrected chi connectivity index (χ0v) is 20.8. The molecule has 0 heterocycles. The van der Waals surface area contributed by atoms with Crippen LogP contribution in [0.15, 0.2) is 0 Å². The Balaban J connectivity index is 5.57. The van der Waals surface area contributed by atoms with Crippen LogP contribution in [0, 0.1) is 5.92 Å². The Kier molecular flexibility index (Phi) is 15.7. The van der Waals surface area contributed by atoms with Gasteiger partial charge in [-0.1, -0.05) is 20.3 Å². The first kappa shape index (κ1) is 32.7. The van der Waals surface area contributed by atoms with E-state index in [1.807, 2.05) is 0 Å². The highest BCUT2D eigenvalue weighted by Crippen LogP contribution is 2.08. The highest BCUT2D eigenvalue weighted by molar-refractivity contribution is 5.94. The minimum Gasteiger partial charge on any atom is -0.481 e. The minimum atomic E-state index is -1.41. The van der Waals surface area contributed by atoms with Crippen LogP contribution in [0.25, 0.3) is 0 Å². The van der Waals surface area contributed by atoms with Gasteiger partial charge < -0.3 is 43.4 Å². The van der Waals surface area contributed by atoms with E-state index < -0.39 is 66.2 Å². The highest BCUT2D eigenvalue weighted by atomic mass is 16.4. The summed E-state index contributed by atoms with van der Waals surface area (Å²) in [7, 11) is 0. The lowest BCUT2D eigenvalue weighted by molar-refractivity contribution is -0.143. The molecule has 206 valence electrons. The maximum Gasteiger partial charge on any atom is 0.326 e. The van der Waals surface area contributed by atoms with Crippen LogP contribution in [0.3, 0.4) is 0 Å². The van der Waals surface area contributed by atoms with Crippen LogP contribution in [0.4, 0.5) is 0 Å². The second-order valence-corrected chi connectivity index (χ2v) is 8.98. The lowest BCUT2D eigenvalue weighted by Gasteiger charge is -2.25. The minimum absolute atomic E-state index is 0.0686. The van der Waals surface area contributed by atoms with E-state index in [4.69, 9.17) is 22.3 Å². The molecule has 0 saturated carbocycles. The summed E-state index contributed by atoms with van der Waals surface area (Å²) >= 11 is 0. The predicted molar refractivity (Wildman–Crippen MR) is 129 cm³/mol. The average molecular weight is 517 g/mol. The molecular weight excluding hydrogens is 476 g/mol. The summed E-state index contributed by atoms with van der Waals surface area (Å²) in [5.41, 5.74) is 16.4. The zero-order chi connectivity index (χ0) is 27.8. The van der Waals surface area contributed by atoms with Crippen molar-refractivity contribution in [2.45, 2.75) is 89.4 Å². The molecule has 4 amide bonds. The lowest BCUT2D eigenvalue weighted by atomic mass is 10.0. The number of hydrogen-bond donors (Lipinski definition) is 8. The van der Waals surface area contributed by atoms with E-state index in [2.05, 4.69) is 16.0 Å². The van der Waals surface area contributed by atoms with Crippen molar-refractivity contribution < 1.29 is 39.0 Å². The molecule has 0 saturated heterocycles. The third-order valence-corrected chi connectivity index (χ3v) is 5.22. The summed E-state index contributed by atoms with van der Waals surface area (Å²) in [5.74, 6) is -5.74. The Morgan fingerprint density at radius 2 is 1.25 bits per heavy atom. The maximum atomic E-state index is 13.0. The molecule has 0 aliphatic heterocycles. The van der Waals surface area contributed by atoms with Gasteiger partial charge in [0.25, 0.3) is 0 Å². The van der Waals surface area contributed by atoms with E-state index in [1.54, 1.807) is 13.8 Å². The van der Waals surface area contributed by atoms with Crippen molar-refractivity contribution in [3.05, 3.63) is 0 Å². The number of carbonyl (C=O) groups is 6. The third kappa shape index (κ3) is 14.2. The summed E-state index contributed by atoms with van der Waals surface area (Å²) in [6.45, 7) is 3.95. The lowest BCUT2D eigenvalue weighted by Crippen LogP contribution is -2.57. The second-order valence-electron chi connectivity index (χ2n) is 8.98. The predicted octanol–water partition coefficient (Wildman–Crippen LogP) is -1.84. The van der Waals surface area contributed by atoms with Gasteiger partial charge in [0.1, 0.15) is 18.1 Å². The van der Waals surface area contributed by atoms with Crippen LogP contribution in [0.5, 0.6) is 0 Å². The number of nitrogens with one attached hydrogen (secondary N) is 3. The van der Waals surface area contributed by atoms with E-state index in [1.165, 1.54) is 0 Å². The van der Waals surface area contributed by atoms with Gasteiger partial charge in [-0.25, -0.2) is 4.79 Å². The molecule has 4 unspecified atom stereocenters. The van der Waals surface area contributed by atoms with E-state index in [0.29, 0.717) is 25.8 Å². The number of aliphatic carboxylic acids is 2. The quantitative estimate of drug-likeness (QED) is 0.0889. The largest absolute Gasteiger partial charge is 0.481 e.